The van der Waals surface area contributed by atoms with Crippen molar-refractivity contribution in [3.8, 4) is 10.8 Å². The summed E-state index contributed by atoms with van der Waals surface area (Å²) in [6, 6.07) is 3.48. The highest BCUT2D eigenvalue weighted by Gasteiger charge is 2.36. The van der Waals surface area contributed by atoms with E-state index in [-0.39, 0.29) is 40.7 Å². The SMILES string of the molecule is CCCCOCC(=O)O[C@H](Cn1c(=O)n(C(C)(C)C(=O)NC(C)C)c(=O)c2c(C)c(-n3nccn3)sc21)c1cc(F)ccc1OC. The van der Waals surface area contributed by atoms with Gasteiger partial charge in [-0.15, -0.1) is 4.80 Å². The van der Waals surface area contributed by atoms with E-state index in [0.29, 0.717) is 17.2 Å². The van der Waals surface area contributed by atoms with Crippen LogP contribution in [0.2, 0.25) is 0 Å². The van der Waals surface area contributed by atoms with E-state index in [1.807, 2.05) is 6.92 Å². The third kappa shape index (κ3) is 7.04. The summed E-state index contributed by atoms with van der Waals surface area (Å²) in [6.07, 6.45) is 3.30. The number of hydrogen-bond acceptors (Lipinski definition) is 10. The lowest BCUT2D eigenvalue weighted by Crippen LogP contribution is -2.56. The quantitative estimate of drug-likeness (QED) is 0.158. The molecule has 0 saturated carbocycles. The van der Waals surface area contributed by atoms with Crippen LogP contribution in [0.3, 0.4) is 0 Å². The number of nitrogens with one attached hydrogen (secondary N) is 1. The number of aromatic nitrogens is 5. The van der Waals surface area contributed by atoms with E-state index in [4.69, 9.17) is 14.2 Å². The minimum Gasteiger partial charge on any atom is -0.496 e. The zero-order valence-electron chi connectivity index (χ0n) is 27.0. The van der Waals surface area contributed by atoms with Crippen LogP contribution in [0.5, 0.6) is 5.75 Å². The summed E-state index contributed by atoms with van der Waals surface area (Å²) >= 11 is 1.08. The first-order valence-corrected chi connectivity index (χ1v) is 15.7. The van der Waals surface area contributed by atoms with Crippen molar-refractivity contribution in [2.45, 2.75) is 78.6 Å². The molecule has 0 spiro atoms. The van der Waals surface area contributed by atoms with Gasteiger partial charge in [-0.2, -0.15) is 10.2 Å². The molecule has 0 radical (unpaired) electrons. The molecule has 4 aromatic rings. The first-order valence-electron chi connectivity index (χ1n) is 14.9. The maximum absolute atomic E-state index is 14.6. The lowest BCUT2D eigenvalue weighted by Gasteiger charge is -2.28. The summed E-state index contributed by atoms with van der Waals surface area (Å²) in [4.78, 5) is 56.5. The van der Waals surface area contributed by atoms with Gasteiger partial charge in [-0.3, -0.25) is 14.2 Å². The Hall–Kier alpha value is -4.37. The van der Waals surface area contributed by atoms with Crippen LogP contribution in [0.4, 0.5) is 4.39 Å². The maximum Gasteiger partial charge on any atom is 0.333 e. The number of aryl methyl sites for hydroxylation is 1. The molecule has 0 saturated heterocycles. The molecule has 0 aliphatic rings. The first kappa shape index (κ1) is 34.5. The molecule has 0 fully saturated rings. The van der Waals surface area contributed by atoms with E-state index in [0.717, 1.165) is 34.8 Å². The number of thiophene rings is 1. The molecule has 248 valence electrons. The fraction of sp³-hybridized carbons (Fsp3) is 0.484. The number of fused-ring (bicyclic) bond motifs is 1. The number of nitrogens with zero attached hydrogens (tertiary/aromatic N) is 5. The fourth-order valence-electron chi connectivity index (χ4n) is 4.96. The molecule has 0 unspecified atom stereocenters. The Labute approximate surface area is 268 Å². The van der Waals surface area contributed by atoms with Crippen LogP contribution in [0, 0.1) is 12.7 Å². The van der Waals surface area contributed by atoms with Gasteiger partial charge in [0.15, 0.2) is 0 Å². The van der Waals surface area contributed by atoms with Crippen molar-refractivity contribution in [1.29, 1.82) is 0 Å². The van der Waals surface area contributed by atoms with Gasteiger partial charge in [-0.05, 0) is 59.2 Å². The Morgan fingerprint density at radius 2 is 1.85 bits per heavy atom. The number of carbonyl (C=O) groups is 2. The Bertz CT molecular complexity index is 1830. The summed E-state index contributed by atoms with van der Waals surface area (Å²) in [5.41, 5.74) is -2.53. The number of halogens is 1. The molecule has 3 heterocycles. The number of methoxy groups -OCH3 is 1. The van der Waals surface area contributed by atoms with Crippen molar-refractivity contribution in [1.82, 2.24) is 29.4 Å². The molecule has 3 aromatic heterocycles. The Morgan fingerprint density at radius 1 is 1.15 bits per heavy atom. The van der Waals surface area contributed by atoms with Crippen molar-refractivity contribution in [2.75, 3.05) is 20.3 Å². The topological polar surface area (TPSA) is 149 Å². The highest BCUT2D eigenvalue weighted by Crippen LogP contribution is 2.34. The van der Waals surface area contributed by atoms with Crippen LogP contribution in [-0.2, 0) is 31.1 Å². The highest BCUT2D eigenvalue weighted by atomic mass is 32.1. The van der Waals surface area contributed by atoms with Gasteiger partial charge in [0.1, 0.15) is 39.6 Å². The maximum atomic E-state index is 14.6. The number of benzene rings is 1. The Morgan fingerprint density at radius 3 is 2.48 bits per heavy atom. The predicted octanol–water partition coefficient (Wildman–Crippen LogP) is 3.62. The van der Waals surface area contributed by atoms with Crippen LogP contribution >= 0.6 is 11.3 Å². The first-order chi connectivity index (χ1) is 21.8. The standard InChI is InChI=1S/C31H39FN6O7S/c1-8-9-14-44-17-24(39)45-23(21-15-20(32)10-11-22(21)43-7)16-36-28-25(19(4)27(46-28)38-33-12-13-34-38)26(40)37(30(36)42)31(5,6)29(41)35-18(2)3/h10-13,15,18,23H,8-9,14,16-17H2,1-7H3,(H,35,41)/t23-/m1/s1. The van der Waals surface area contributed by atoms with Crippen LogP contribution < -0.4 is 21.3 Å². The van der Waals surface area contributed by atoms with Gasteiger partial charge >= 0.3 is 11.7 Å². The van der Waals surface area contributed by atoms with E-state index in [1.54, 1.807) is 20.8 Å². The van der Waals surface area contributed by atoms with E-state index in [1.165, 1.54) is 54.8 Å². The van der Waals surface area contributed by atoms with Gasteiger partial charge in [0, 0.05) is 23.8 Å². The zero-order chi connectivity index (χ0) is 33.8. The minimum absolute atomic E-state index is 0.154. The Balaban J connectivity index is 1.97. The van der Waals surface area contributed by atoms with Gasteiger partial charge in [0.2, 0.25) is 5.91 Å². The summed E-state index contributed by atoms with van der Waals surface area (Å²) < 4.78 is 33.5. The summed E-state index contributed by atoms with van der Waals surface area (Å²) in [7, 11) is 1.38. The average Bonchev–Trinajstić information content (AvgIpc) is 3.64. The zero-order valence-corrected chi connectivity index (χ0v) is 27.8. The molecule has 0 aliphatic carbocycles. The third-order valence-electron chi connectivity index (χ3n) is 7.35. The Kier molecular flexibility index (Phi) is 10.8. The molecular weight excluding hydrogens is 619 g/mol. The molecule has 15 heteroatoms. The van der Waals surface area contributed by atoms with E-state index < -0.39 is 40.6 Å². The summed E-state index contributed by atoms with van der Waals surface area (Å²) in [6.45, 7) is 9.78. The smallest absolute Gasteiger partial charge is 0.333 e. The van der Waals surface area contributed by atoms with Crippen molar-refractivity contribution >= 4 is 33.4 Å². The highest BCUT2D eigenvalue weighted by molar-refractivity contribution is 7.21. The van der Waals surface area contributed by atoms with Crippen molar-refractivity contribution in [2.24, 2.45) is 0 Å². The van der Waals surface area contributed by atoms with Crippen LogP contribution in [0.25, 0.3) is 15.2 Å². The van der Waals surface area contributed by atoms with Crippen molar-refractivity contribution < 1.29 is 28.2 Å². The molecular formula is C31H39FN6O7S. The minimum atomic E-state index is -1.64. The molecule has 0 aliphatic heterocycles. The van der Waals surface area contributed by atoms with E-state index >= 15 is 0 Å². The second-order valence-corrected chi connectivity index (χ2v) is 12.5. The second-order valence-electron chi connectivity index (χ2n) is 11.5. The van der Waals surface area contributed by atoms with Gasteiger partial charge in [-0.25, -0.2) is 18.5 Å². The van der Waals surface area contributed by atoms with E-state index in [2.05, 4.69) is 15.5 Å². The average molecular weight is 659 g/mol. The normalized spacial score (nSPS) is 12.5. The van der Waals surface area contributed by atoms with E-state index in [9.17, 15) is 23.6 Å². The van der Waals surface area contributed by atoms with Gasteiger partial charge in [-0.1, -0.05) is 24.7 Å². The summed E-state index contributed by atoms with van der Waals surface area (Å²) in [5, 5.41) is 11.8. The molecule has 1 N–H and O–H groups in total. The number of ether oxygens (including phenoxy) is 3. The third-order valence-corrected chi connectivity index (χ3v) is 8.63. The van der Waals surface area contributed by atoms with Gasteiger partial charge < -0.3 is 19.5 Å². The largest absolute Gasteiger partial charge is 0.496 e. The molecule has 4 rings (SSSR count). The lowest BCUT2D eigenvalue weighted by molar-refractivity contribution is -0.155. The molecule has 1 amide bonds. The number of carbonyl (C=O) groups excluding carboxylic acids is 2. The van der Waals surface area contributed by atoms with Crippen molar-refractivity contribution in [3.63, 3.8) is 0 Å². The fourth-order valence-corrected chi connectivity index (χ4v) is 6.18. The van der Waals surface area contributed by atoms with Gasteiger partial charge in [0.05, 0.1) is 31.4 Å². The predicted molar refractivity (Wildman–Crippen MR) is 170 cm³/mol. The molecule has 13 nitrogen and oxygen atoms in total. The van der Waals surface area contributed by atoms with Crippen LogP contribution in [0.1, 0.15) is 64.7 Å². The lowest BCUT2D eigenvalue weighted by atomic mass is 10.0. The van der Waals surface area contributed by atoms with Crippen LogP contribution in [-0.4, -0.2) is 62.4 Å². The molecule has 46 heavy (non-hydrogen) atoms. The number of esters is 1. The molecule has 1 atom stereocenters. The molecule has 0 bridgehead atoms. The monoisotopic (exact) mass is 658 g/mol. The number of amides is 1. The number of unbranched alkanes of at least 4 members (excludes halogenated alkanes) is 1. The second kappa shape index (κ2) is 14.4. The number of hydrogen-bond donors (Lipinski definition) is 1. The summed E-state index contributed by atoms with van der Waals surface area (Å²) in [5.74, 6) is -1.70. The molecule has 1 aromatic carbocycles. The number of rotatable bonds is 14. The van der Waals surface area contributed by atoms with Crippen LogP contribution in [0.15, 0.2) is 40.2 Å². The van der Waals surface area contributed by atoms with Crippen molar-refractivity contribution in [3.05, 3.63) is 68.4 Å². The van der Waals surface area contributed by atoms with Gasteiger partial charge in [0.25, 0.3) is 5.56 Å².